The van der Waals surface area contributed by atoms with Crippen LogP contribution in [0.25, 0.3) is 11.1 Å². The predicted molar refractivity (Wildman–Crippen MR) is 194 cm³/mol. The maximum atomic E-state index is 6.17. The zero-order chi connectivity index (χ0) is 31.4. The van der Waals surface area contributed by atoms with E-state index in [2.05, 4.69) is 158 Å². The van der Waals surface area contributed by atoms with Crippen molar-refractivity contribution in [2.24, 2.45) is 0 Å². The van der Waals surface area contributed by atoms with Gasteiger partial charge in [-0.3, -0.25) is 0 Å². The summed E-state index contributed by atoms with van der Waals surface area (Å²) in [6.07, 6.45) is 0. The Morgan fingerprint density at radius 2 is 0.667 bits per heavy atom. The van der Waals surface area contributed by atoms with Crippen LogP contribution < -0.4 is 41.3 Å². The van der Waals surface area contributed by atoms with Crippen molar-refractivity contribution in [3.63, 3.8) is 0 Å². The van der Waals surface area contributed by atoms with Gasteiger partial charge >= 0.3 is 35.3 Å². The van der Waals surface area contributed by atoms with Crippen molar-refractivity contribution >= 4 is 66.5 Å². The standard InChI is InChI=1S/C38H32O2P2.2ClH.Pt/c1-39-33-25-15-27-35(41(29-17-7-3-8-18-29)30-19-9-4-10-20-30)37(33)38-34(40-2)26-16-28-36(38)42(31-21-11-5-12-22-31)32-23-13-6-14-24-32;;;/h3-28H,1-2H3;2*1H;/q;;;+2/p-2. The molecule has 2 nitrogen and oxygen atoms in total. The van der Waals surface area contributed by atoms with Gasteiger partial charge in [0, 0.05) is 11.1 Å². The number of halogens is 2. The van der Waals surface area contributed by atoms with Gasteiger partial charge in [-0.1, -0.05) is 146 Å². The average Bonchev–Trinajstić information content (AvgIpc) is 3.11. The Kier molecular flexibility index (Phi) is 12.7. The van der Waals surface area contributed by atoms with Crippen LogP contribution in [0.5, 0.6) is 11.5 Å². The third-order valence-electron chi connectivity index (χ3n) is 7.24. The van der Waals surface area contributed by atoms with Gasteiger partial charge in [0.05, 0.1) is 14.2 Å². The average molecular weight is 849 g/mol. The van der Waals surface area contributed by atoms with E-state index in [1.807, 2.05) is 0 Å². The van der Waals surface area contributed by atoms with Crippen molar-refractivity contribution in [3.05, 3.63) is 158 Å². The van der Waals surface area contributed by atoms with Gasteiger partial charge in [-0.15, -0.1) is 0 Å². The molecule has 0 spiro atoms. The van der Waals surface area contributed by atoms with Gasteiger partial charge in [-0.05, 0) is 59.8 Å². The Morgan fingerprint density at radius 3 is 0.911 bits per heavy atom. The zero-order valence-corrected chi connectivity index (χ0v) is 30.4. The summed E-state index contributed by atoms with van der Waals surface area (Å²) in [5.74, 6) is 1.68. The summed E-state index contributed by atoms with van der Waals surface area (Å²) >= 11 is -0.472. The minimum absolute atomic E-state index is 0.472. The molecule has 6 aromatic carbocycles. The summed E-state index contributed by atoms with van der Waals surface area (Å²) in [6, 6.07) is 56.2. The van der Waals surface area contributed by atoms with Crippen LogP contribution >= 0.6 is 34.7 Å². The summed E-state index contributed by atoms with van der Waals surface area (Å²) in [5, 5.41) is 7.64. The SMILES string of the molecule is COc1cccc(P(c2ccccc2)c2ccccc2)c1-c1c(OC)cccc1P(c1ccccc1)c1ccccc1.[Cl][Pt][Cl]. The van der Waals surface area contributed by atoms with Crippen LogP contribution in [-0.4, -0.2) is 14.2 Å². The monoisotopic (exact) mass is 847 g/mol. The molecular weight excluding hydrogens is 816 g/mol. The molecule has 45 heavy (non-hydrogen) atoms. The third-order valence-corrected chi connectivity index (χ3v) is 12.2. The first-order chi connectivity index (χ1) is 22.2. The number of hydrogen-bond donors (Lipinski definition) is 0. The summed E-state index contributed by atoms with van der Waals surface area (Å²) in [6.45, 7) is 0. The Labute approximate surface area is 285 Å². The predicted octanol–water partition coefficient (Wildman–Crippen LogP) is 8.26. The molecule has 0 aliphatic heterocycles. The summed E-state index contributed by atoms with van der Waals surface area (Å²) in [5.41, 5.74) is 2.18. The van der Waals surface area contributed by atoms with E-state index in [1.54, 1.807) is 14.2 Å². The molecule has 0 aromatic heterocycles. The van der Waals surface area contributed by atoms with Crippen LogP contribution in [0, 0.1) is 0 Å². The molecule has 6 aromatic rings. The second kappa shape index (κ2) is 17.1. The first kappa shape index (κ1) is 33.4. The Morgan fingerprint density at radius 1 is 0.400 bits per heavy atom. The molecule has 230 valence electrons. The van der Waals surface area contributed by atoms with Gasteiger partial charge in [-0.25, -0.2) is 0 Å². The molecule has 0 amide bonds. The molecule has 7 heteroatoms. The van der Waals surface area contributed by atoms with Crippen LogP contribution in [-0.2, 0) is 16.5 Å². The third kappa shape index (κ3) is 7.89. The van der Waals surface area contributed by atoms with Gasteiger partial charge in [-0.2, -0.15) is 0 Å². The Hall–Kier alpha value is -2.95. The second-order valence-electron chi connectivity index (χ2n) is 9.77. The number of hydrogen-bond acceptors (Lipinski definition) is 2. The van der Waals surface area contributed by atoms with E-state index in [1.165, 1.54) is 31.8 Å². The van der Waals surface area contributed by atoms with E-state index in [9.17, 15) is 0 Å². The van der Waals surface area contributed by atoms with Gasteiger partial charge in [0.15, 0.2) is 0 Å². The maximum absolute atomic E-state index is 6.17. The van der Waals surface area contributed by atoms with Crippen LogP contribution in [0.2, 0.25) is 0 Å². The van der Waals surface area contributed by atoms with Gasteiger partial charge < -0.3 is 9.47 Å². The van der Waals surface area contributed by atoms with Crippen molar-refractivity contribution in [3.8, 4) is 22.6 Å². The minimum atomic E-state index is -0.898. The van der Waals surface area contributed by atoms with Crippen molar-refractivity contribution < 1.29 is 26.0 Å². The zero-order valence-electron chi connectivity index (χ0n) is 24.8. The molecule has 0 unspecified atom stereocenters. The molecule has 0 saturated carbocycles. The number of rotatable bonds is 9. The molecule has 0 saturated heterocycles. The molecular formula is C38H32Cl2O2P2Pt. The molecule has 0 heterocycles. The quantitative estimate of drug-likeness (QED) is 0.137. The molecule has 0 fully saturated rings. The number of ether oxygens (including phenoxy) is 2. The summed E-state index contributed by atoms with van der Waals surface area (Å²) < 4.78 is 12.3. The van der Waals surface area contributed by atoms with Crippen LogP contribution in [0.4, 0.5) is 0 Å². The molecule has 0 atom stereocenters. The Bertz CT molecular complexity index is 1570. The van der Waals surface area contributed by atoms with Gasteiger partial charge in [0.25, 0.3) is 0 Å². The van der Waals surface area contributed by atoms with E-state index in [-0.39, 0.29) is 0 Å². The summed E-state index contributed by atoms with van der Waals surface area (Å²) in [4.78, 5) is 0. The first-order valence-electron chi connectivity index (χ1n) is 14.2. The first-order valence-corrected chi connectivity index (χ1v) is 22.5. The van der Waals surface area contributed by atoms with E-state index in [4.69, 9.17) is 28.3 Å². The second-order valence-corrected chi connectivity index (χ2v) is 17.4. The molecule has 0 aliphatic rings. The normalized spacial score (nSPS) is 10.8. The fourth-order valence-electron chi connectivity index (χ4n) is 5.42. The number of benzene rings is 6. The molecule has 6 rings (SSSR count). The van der Waals surface area contributed by atoms with Crippen LogP contribution in [0.1, 0.15) is 0 Å². The topological polar surface area (TPSA) is 18.5 Å². The van der Waals surface area contributed by atoms with Crippen LogP contribution in [0.3, 0.4) is 0 Å². The van der Waals surface area contributed by atoms with E-state index in [0.717, 1.165) is 22.6 Å². The van der Waals surface area contributed by atoms with E-state index in [0.29, 0.717) is 0 Å². The van der Waals surface area contributed by atoms with Gasteiger partial charge in [0.2, 0.25) is 0 Å². The molecule has 0 radical (unpaired) electrons. The van der Waals surface area contributed by atoms with Crippen molar-refractivity contribution in [2.75, 3.05) is 14.2 Å². The van der Waals surface area contributed by atoms with Crippen LogP contribution in [0.15, 0.2) is 158 Å². The van der Waals surface area contributed by atoms with Crippen molar-refractivity contribution in [1.82, 2.24) is 0 Å². The summed E-state index contributed by atoms with van der Waals surface area (Å²) in [7, 11) is 11.5. The van der Waals surface area contributed by atoms with Crippen molar-refractivity contribution in [1.29, 1.82) is 0 Å². The molecule has 0 aliphatic carbocycles. The Balaban J connectivity index is 0.00000128. The van der Waals surface area contributed by atoms with E-state index < -0.39 is 32.3 Å². The fourth-order valence-corrected chi connectivity index (χ4v) is 10.4. The molecule has 0 N–H and O–H groups in total. The molecule has 0 bridgehead atoms. The fraction of sp³-hybridized carbons (Fsp3) is 0.0526. The van der Waals surface area contributed by atoms with E-state index >= 15 is 0 Å². The van der Waals surface area contributed by atoms with Gasteiger partial charge in [0.1, 0.15) is 11.5 Å². The van der Waals surface area contributed by atoms with Crippen molar-refractivity contribution in [2.45, 2.75) is 0 Å². The number of methoxy groups -OCH3 is 2.